The minimum atomic E-state index is -0.158. The van der Waals surface area contributed by atoms with Gasteiger partial charge in [0.15, 0.2) is 6.29 Å². The van der Waals surface area contributed by atoms with E-state index in [1.54, 1.807) is 14.2 Å². The van der Waals surface area contributed by atoms with Gasteiger partial charge >= 0.3 is 0 Å². The van der Waals surface area contributed by atoms with Gasteiger partial charge in [-0.15, -0.1) is 0 Å². The molecule has 4 heteroatoms. The van der Waals surface area contributed by atoms with Crippen LogP contribution in [0.25, 0.3) is 0 Å². The quantitative estimate of drug-likeness (QED) is 0.741. The Bertz CT molecular complexity index is 253. The summed E-state index contributed by atoms with van der Waals surface area (Å²) in [6.07, 6.45) is 2.73. The predicted molar refractivity (Wildman–Crippen MR) is 65.8 cm³/mol. The highest BCUT2D eigenvalue weighted by Crippen LogP contribution is 2.51. The minimum Gasteiger partial charge on any atom is -0.377 e. The Balaban J connectivity index is 1.87. The highest BCUT2D eigenvalue weighted by molar-refractivity contribution is 5.10. The van der Waals surface area contributed by atoms with Crippen LogP contribution in [0, 0.1) is 11.3 Å². The summed E-state index contributed by atoms with van der Waals surface area (Å²) in [5, 5.41) is 3.58. The summed E-state index contributed by atoms with van der Waals surface area (Å²) >= 11 is 0. The normalized spacial score (nSPS) is 35.5. The molecule has 0 amide bonds. The van der Waals surface area contributed by atoms with Gasteiger partial charge < -0.3 is 19.5 Å². The first-order chi connectivity index (χ1) is 8.11. The van der Waals surface area contributed by atoms with Crippen molar-refractivity contribution < 1.29 is 14.2 Å². The van der Waals surface area contributed by atoms with E-state index in [0.29, 0.717) is 18.1 Å². The second kappa shape index (κ2) is 5.22. The van der Waals surface area contributed by atoms with Crippen LogP contribution in [0.3, 0.4) is 0 Å². The maximum absolute atomic E-state index is 5.88. The number of rotatable bonds is 5. The molecule has 1 N–H and O–H groups in total. The lowest BCUT2D eigenvalue weighted by atomic mass is 9.55. The molecule has 3 unspecified atom stereocenters. The Kier molecular flexibility index (Phi) is 4.08. The largest absolute Gasteiger partial charge is 0.377 e. The van der Waals surface area contributed by atoms with Crippen LogP contribution in [-0.2, 0) is 14.2 Å². The predicted octanol–water partition coefficient (Wildman–Crippen LogP) is 1.40. The number of hydrogen-bond donors (Lipinski definition) is 1. The fourth-order valence-corrected chi connectivity index (χ4v) is 3.42. The molecule has 1 heterocycles. The molecule has 2 fully saturated rings. The van der Waals surface area contributed by atoms with Gasteiger partial charge in [0.25, 0.3) is 0 Å². The summed E-state index contributed by atoms with van der Waals surface area (Å²) in [6, 6.07) is 0.514. The Morgan fingerprint density at radius 2 is 2.06 bits per heavy atom. The van der Waals surface area contributed by atoms with Crippen molar-refractivity contribution in [3.63, 3.8) is 0 Å². The Morgan fingerprint density at radius 1 is 1.35 bits per heavy atom. The summed E-state index contributed by atoms with van der Waals surface area (Å²) in [7, 11) is 3.35. The molecule has 1 aliphatic heterocycles. The van der Waals surface area contributed by atoms with E-state index in [1.807, 2.05) is 0 Å². The number of methoxy groups -OCH3 is 2. The first-order valence-corrected chi connectivity index (χ1v) is 6.52. The molecule has 4 nitrogen and oxygen atoms in total. The Hall–Kier alpha value is -0.160. The number of ether oxygens (including phenoxy) is 3. The summed E-state index contributed by atoms with van der Waals surface area (Å²) in [6.45, 7) is 6.23. The van der Waals surface area contributed by atoms with Crippen LogP contribution < -0.4 is 5.32 Å². The molecule has 17 heavy (non-hydrogen) atoms. The lowest BCUT2D eigenvalue weighted by Gasteiger charge is -2.60. The van der Waals surface area contributed by atoms with E-state index in [-0.39, 0.29) is 11.7 Å². The topological polar surface area (TPSA) is 39.7 Å². The molecule has 2 aliphatic rings. The smallest absolute Gasteiger partial charge is 0.169 e. The molecule has 0 aromatic carbocycles. The molecule has 1 saturated heterocycles. The zero-order chi connectivity index (χ0) is 12.5. The lowest BCUT2D eigenvalue weighted by Crippen LogP contribution is -2.69. The van der Waals surface area contributed by atoms with E-state index in [1.165, 1.54) is 12.8 Å². The first-order valence-electron chi connectivity index (χ1n) is 6.52. The molecule has 0 aromatic heterocycles. The number of nitrogens with one attached hydrogen (secondary N) is 1. The van der Waals surface area contributed by atoms with Crippen LogP contribution in [0.4, 0.5) is 0 Å². The van der Waals surface area contributed by atoms with Crippen molar-refractivity contribution in [1.29, 1.82) is 0 Å². The third kappa shape index (κ3) is 2.36. The lowest BCUT2D eigenvalue weighted by molar-refractivity contribution is -0.197. The molecule has 0 bridgehead atoms. The molecule has 0 radical (unpaired) electrons. The number of hydrogen-bond acceptors (Lipinski definition) is 4. The summed E-state index contributed by atoms with van der Waals surface area (Å²) < 4.78 is 16.3. The molecule has 3 atom stereocenters. The van der Waals surface area contributed by atoms with Crippen molar-refractivity contribution in [2.24, 2.45) is 11.3 Å². The van der Waals surface area contributed by atoms with Crippen LogP contribution in [0.1, 0.15) is 26.7 Å². The highest BCUT2D eigenvalue weighted by Gasteiger charge is 2.57. The summed E-state index contributed by atoms with van der Waals surface area (Å²) in [4.78, 5) is 0. The van der Waals surface area contributed by atoms with E-state index in [0.717, 1.165) is 13.2 Å². The molecular formula is C13H25NO3. The van der Waals surface area contributed by atoms with Crippen LogP contribution in [0.2, 0.25) is 0 Å². The third-order valence-electron chi connectivity index (χ3n) is 4.36. The van der Waals surface area contributed by atoms with E-state index in [2.05, 4.69) is 19.2 Å². The van der Waals surface area contributed by atoms with Gasteiger partial charge in [0.2, 0.25) is 0 Å². The monoisotopic (exact) mass is 243 g/mol. The van der Waals surface area contributed by atoms with Gasteiger partial charge in [-0.05, 0) is 12.8 Å². The maximum atomic E-state index is 5.88. The molecule has 1 aliphatic carbocycles. The van der Waals surface area contributed by atoms with Crippen LogP contribution in [0.5, 0.6) is 0 Å². The zero-order valence-electron chi connectivity index (χ0n) is 11.4. The Morgan fingerprint density at radius 3 is 2.71 bits per heavy atom. The highest BCUT2D eigenvalue weighted by atomic mass is 16.7. The SMILES string of the molecule is COC(CNC1C2CCCOC2C1(C)C)OC. The molecule has 2 rings (SSSR count). The van der Waals surface area contributed by atoms with Gasteiger partial charge in [0.1, 0.15) is 0 Å². The maximum Gasteiger partial charge on any atom is 0.169 e. The molecule has 0 aromatic rings. The van der Waals surface area contributed by atoms with E-state index < -0.39 is 0 Å². The van der Waals surface area contributed by atoms with Gasteiger partial charge in [0.05, 0.1) is 6.10 Å². The molecule has 1 saturated carbocycles. The minimum absolute atomic E-state index is 0.158. The second-order valence-corrected chi connectivity index (χ2v) is 5.71. The van der Waals surface area contributed by atoms with Gasteiger partial charge in [-0.2, -0.15) is 0 Å². The third-order valence-corrected chi connectivity index (χ3v) is 4.36. The second-order valence-electron chi connectivity index (χ2n) is 5.71. The average Bonchev–Trinajstić information content (AvgIpc) is 2.34. The van der Waals surface area contributed by atoms with Crippen molar-refractivity contribution in [2.45, 2.75) is 45.1 Å². The number of fused-ring (bicyclic) bond motifs is 1. The fourth-order valence-electron chi connectivity index (χ4n) is 3.42. The van der Waals surface area contributed by atoms with E-state index in [9.17, 15) is 0 Å². The van der Waals surface area contributed by atoms with Crippen molar-refractivity contribution in [2.75, 3.05) is 27.4 Å². The molecule has 0 spiro atoms. The van der Waals surface area contributed by atoms with E-state index >= 15 is 0 Å². The van der Waals surface area contributed by atoms with E-state index in [4.69, 9.17) is 14.2 Å². The van der Waals surface area contributed by atoms with Gasteiger partial charge in [0, 0.05) is 44.7 Å². The summed E-state index contributed by atoms with van der Waals surface area (Å²) in [5.41, 5.74) is 0.219. The summed E-state index contributed by atoms with van der Waals surface area (Å²) in [5.74, 6) is 0.660. The fraction of sp³-hybridized carbons (Fsp3) is 1.00. The molecular weight excluding hydrogens is 218 g/mol. The van der Waals surface area contributed by atoms with Crippen LogP contribution >= 0.6 is 0 Å². The van der Waals surface area contributed by atoms with Crippen molar-refractivity contribution in [3.8, 4) is 0 Å². The standard InChI is InChI=1S/C13H25NO3/c1-13(2)11(14-8-10(15-3)16-4)9-6-5-7-17-12(9)13/h9-12,14H,5-8H2,1-4H3. The average molecular weight is 243 g/mol. The van der Waals surface area contributed by atoms with Gasteiger partial charge in [-0.25, -0.2) is 0 Å². The van der Waals surface area contributed by atoms with Gasteiger partial charge in [-0.1, -0.05) is 13.8 Å². The van der Waals surface area contributed by atoms with Crippen LogP contribution in [-0.4, -0.2) is 45.8 Å². The Labute approximate surface area is 104 Å². The van der Waals surface area contributed by atoms with Gasteiger partial charge in [-0.3, -0.25) is 0 Å². The first kappa shape index (κ1) is 13.3. The van der Waals surface area contributed by atoms with Crippen molar-refractivity contribution in [3.05, 3.63) is 0 Å². The molecule has 100 valence electrons. The zero-order valence-corrected chi connectivity index (χ0v) is 11.4. The van der Waals surface area contributed by atoms with Crippen molar-refractivity contribution in [1.82, 2.24) is 5.32 Å². The van der Waals surface area contributed by atoms with Crippen molar-refractivity contribution >= 4 is 0 Å². The van der Waals surface area contributed by atoms with Crippen LogP contribution in [0.15, 0.2) is 0 Å².